The number of hydrogen-bond acceptors (Lipinski definition) is 7. The molecule has 0 atom stereocenters. The van der Waals surface area contributed by atoms with Gasteiger partial charge in [0.1, 0.15) is 17.3 Å². The Hall–Kier alpha value is -3.53. The average molecular weight is 414 g/mol. The van der Waals surface area contributed by atoms with Crippen molar-refractivity contribution in [3.8, 4) is 17.0 Å². The number of nitro groups is 1. The normalized spacial score (nSPS) is 10.4. The van der Waals surface area contributed by atoms with Gasteiger partial charge in [0.25, 0.3) is 5.69 Å². The zero-order valence-electron chi connectivity index (χ0n) is 15.2. The van der Waals surface area contributed by atoms with Crippen molar-refractivity contribution in [2.24, 2.45) is 0 Å². The SMILES string of the molecule is COc1ccc(NC(=O)CSc2nccc(-c3ccc(F)cc3)n2)c([N+](=O)[O-])c1. The van der Waals surface area contributed by atoms with Crippen LogP contribution in [-0.2, 0) is 4.79 Å². The van der Waals surface area contributed by atoms with Crippen LogP contribution in [0.1, 0.15) is 0 Å². The van der Waals surface area contributed by atoms with Crippen LogP contribution in [0.5, 0.6) is 5.75 Å². The van der Waals surface area contributed by atoms with Gasteiger partial charge in [-0.05, 0) is 42.5 Å². The van der Waals surface area contributed by atoms with Crippen LogP contribution in [0, 0.1) is 15.9 Å². The van der Waals surface area contributed by atoms with Crippen molar-refractivity contribution >= 4 is 29.0 Å². The maximum atomic E-state index is 13.1. The standard InChI is InChI=1S/C19H15FN4O4S/c1-28-14-6-7-16(17(10-14)24(26)27)22-18(25)11-29-19-21-9-8-15(23-19)12-2-4-13(20)5-3-12/h2-10H,11H2,1H3,(H,22,25). The van der Waals surface area contributed by atoms with Gasteiger partial charge in [0.2, 0.25) is 5.91 Å². The molecule has 0 radical (unpaired) electrons. The Labute approximate surface area is 169 Å². The number of carbonyl (C=O) groups is 1. The molecule has 1 heterocycles. The highest BCUT2D eigenvalue weighted by molar-refractivity contribution is 7.99. The molecule has 3 aromatic rings. The minimum absolute atomic E-state index is 0.0456. The van der Waals surface area contributed by atoms with E-state index in [9.17, 15) is 19.3 Å². The number of nitrogens with one attached hydrogen (secondary N) is 1. The Kier molecular flexibility index (Phi) is 6.35. The first-order valence-corrected chi connectivity index (χ1v) is 9.29. The van der Waals surface area contributed by atoms with Crippen molar-refractivity contribution in [1.29, 1.82) is 0 Å². The maximum Gasteiger partial charge on any atom is 0.296 e. The third-order valence-corrected chi connectivity index (χ3v) is 4.64. The fraction of sp³-hybridized carbons (Fsp3) is 0.105. The predicted molar refractivity (Wildman–Crippen MR) is 106 cm³/mol. The molecule has 0 aliphatic rings. The Balaban J connectivity index is 1.66. The summed E-state index contributed by atoms with van der Waals surface area (Å²) in [5.74, 6) is -0.522. The highest BCUT2D eigenvalue weighted by Crippen LogP contribution is 2.29. The van der Waals surface area contributed by atoms with Gasteiger partial charge in [-0.15, -0.1) is 0 Å². The van der Waals surface area contributed by atoms with Gasteiger partial charge >= 0.3 is 0 Å². The van der Waals surface area contributed by atoms with Crippen LogP contribution in [0.25, 0.3) is 11.3 Å². The van der Waals surface area contributed by atoms with E-state index in [1.807, 2.05) is 0 Å². The molecular weight excluding hydrogens is 399 g/mol. The molecule has 0 aliphatic heterocycles. The summed E-state index contributed by atoms with van der Waals surface area (Å²) in [5.41, 5.74) is 1.11. The first kappa shape index (κ1) is 20.2. The number of hydrogen-bond donors (Lipinski definition) is 1. The van der Waals surface area contributed by atoms with E-state index in [1.165, 1.54) is 37.4 Å². The van der Waals surface area contributed by atoms with E-state index in [0.29, 0.717) is 22.2 Å². The fourth-order valence-corrected chi connectivity index (χ4v) is 3.03. The van der Waals surface area contributed by atoms with Gasteiger partial charge in [0, 0.05) is 11.8 Å². The molecular formula is C19H15FN4O4S. The topological polar surface area (TPSA) is 107 Å². The summed E-state index contributed by atoms with van der Waals surface area (Å²) < 4.78 is 18.0. The second-order valence-electron chi connectivity index (χ2n) is 5.71. The largest absolute Gasteiger partial charge is 0.496 e. The fourth-order valence-electron chi connectivity index (χ4n) is 2.40. The van der Waals surface area contributed by atoms with Crippen LogP contribution in [0.15, 0.2) is 59.9 Å². The first-order chi connectivity index (χ1) is 14.0. The molecule has 1 N–H and O–H groups in total. The maximum absolute atomic E-state index is 13.1. The van der Waals surface area contributed by atoms with Crippen molar-refractivity contribution in [2.75, 3.05) is 18.2 Å². The van der Waals surface area contributed by atoms with E-state index in [-0.39, 0.29) is 22.9 Å². The zero-order valence-corrected chi connectivity index (χ0v) is 16.0. The van der Waals surface area contributed by atoms with Gasteiger partial charge in [-0.3, -0.25) is 14.9 Å². The molecule has 1 aromatic heterocycles. The molecule has 0 saturated heterocycles. The van der Waals surface area contributed by atoms with Gasteiger partial charge in [0.05, 0.1) is 29.5 Å². The Morgan fingerprint density at radius 3 is 2.69 bits per heavy atom. The molecule has 3 rings (SSSR count). The number of ether oxygens (including phenoxy) is 1. The van der Waals surface area contributed by atoms with Gasteiger partial charge in [0.15, 0.2) is 5.16 Å². The highest BCUT2D eigenvalue weighted by atomic mass is 32.2. The van der Waals surface area contributed by atoms with Crippen LogP contribution in [0.2, 0.25) is 0 Å². The van der Waals surface area contributed by atoms with E-state index in [4.69, 9.17) is 4.74 Å². The molecule has 0 bridgehead atoms. The second-order valence-corrected chi connectivity index (χ2v) is 6.65. The van der Waals surface area contributed by atoms with Gasteiger partial charge in [-0.25, -0.2) is 14.4 Å². The summed E-state index contributed by atoms with van der Waals surface area (Å²) in [6.07, 6.45) is 1.54. The van der Waals surface area contributed by atoms with Crippen molar-refractivity contribution < 1.29 is 18.8 Å². The van der Waals surface area contributed by atoms with Crippen molar-refractivity contribution in [3.05, 3.63) is 70.7 Å². The molecule has 0 aliphatic carbocycles. The predicted octanol–water partition coefficient (Wildman–Crippen LogP) is 3.93. The van der Waals surface area contributed by atoms with E-state index < -0.39 is 10.8 Å². The summed E-state index contributed by atoms with van der Waals surface area (Å²) in [6.45, 7) is 0. The van der Waals surface area contributed by atoms with E-state index in [2.05, 4.69) is 15.3 Å². The lowest BCUT2D eigenvalue weighted by atomic mass is 10.1. The number of aromatic nitrogens is 2. The second kappa shape index (κ2) is 9.11. The number of nitro benzene ring substituents is 1. The van der Waals surface area contributed by atoms with Crippen LogP contribution in [0.3, 0.4) is 0 Å². The minimum Gasteiger partial charge on any atom is -0.496 e. The van der Waals surface area contributed by atoms with Crippen molar-refractivity contribution in [2.45, 2.75) is 5.16 Å². The highest BCUT2D eigenvalue weighted by Gasteiger charge is 2.17. The lowest BCUT2D eigenvalue weighted by Gasteiger charge is -2.07. The summed E-state index contributed by atoms with van der Waals surface area (Å²) >= 11 is 1.08. The number of benzene rings is 2. The van der Waals surface area contributed by atoms with E-state index >= 15 is 0 Å². The number of nitrogens with zero attached hydrogens (tertiary/aromatic N) is 3. The number of methoxy groups -OCH3 is 1. The molecule has 148 valence electrons. The quantitative estimate of drug-likeness (QED) is 0.270. The first-order valence-electron chi connectivity index (χ1n) is 8.30. The Morgan fingerprint density at radius 2 is 2.00 bits per heavy atom. The monoisotopic (exact) mass is 414 g/mol. The van der Waals surface area contributed by atoms with Gasteiger partial charge < -0.3 is 10.1 Å². The van der Waals surface area contributed by atoms with Crippen LogP contribution in [-0.4, -0.2) is 33.7 Å². The molecule has 0 unspecified atom stereocenters. The summed E-state index contributed by atoms with van der Waals surface area (Å²) in [7, 11) is 1.40. The number of anilines is 1. The average Bonchev–Trinajstić information content (AvgIpc) is 2.73. The lowest BCUT2D eigenvalue weighted by Crippen LogP contribution is -2.15. The number of halogens is 1. The van der Waals surface area contributed by atoms with E-state index in [0.717, 1.165) is 11.8 Å². The molecule has 29 heavy (non-hydrogen) atoms. The number of rotatable bonds is 7. The molecule has 0 saturated carbocycles. The molecule has 0 fully saturated rings. The van der Waals surface area contributed by atoms with Crippen LogP contribution < -0.4 is 10.1 Å². The third kappa shape index (κ3) is 5.26. The number of thioether (sulfide) groups is 1. The summed E-state index contributed by atoms with van der Waals surface area (Å²) in [5, 5.41) is 14.1. The zero-order chi connectivity index (χ0) is 20.8. The van der Waals surface area contributed by atoms with Gasteiger partial charge in [-0.1, -0.05) is 11.8 Å². The summed E-state index contributed by atoms with van der Waals surface area (Å²) in [4.78, 5) is 31.3. The molecule has 2 aromatic carbocycles. The third-order valence-electron chi connectivity index (χ3n) is 3.78. The van der Waals surface area contributed by atoms with Gasteiger partial charge in [-0.2, -0.15) is 0 Å². The smallest absolute Gasteiger partial charge is 0.296 e. The Bertz CT molecular complexity index is 1050. The molecule has 8 nitrogen and oxygen atoms in total. The number of carbonyl (C=O) groups excluding carboxylic acids is 1. The van der Waals surface area contributed by atoms with Crippen molar-refractivity contribution in [1.82, 2.24) is 9.97 Å². The molecule has 1 amide bonds. The lowest BCUT2D eigenvalue weighted by molar-refractivity contribution is -0.384. The minimum atomic E-state index is -0.597. The molecule has 0 spiro atoms. The van der Waals surface area contributed by atoms with E-state index in [1.54, 1.807) is 24.4 Å². The van der Waals surface area contributed by atoms with Crippen molar-refractivity contribution in [3.63, 3.8) is 0 Å². The van der Waals surface area contributed by atoms with Crippen LogP contribution in [0.4, 0.5) is 15.8 Å². The Morgan fingerprint density at radius 1 is 1.24 bits per heavy atom. The summed E-state index contributed by atoms with van der Waals surface area (Å²) in [6, 6.07) is 11.7. The van der Waals surface area contributed by atoms with Crippen LogP contribution >= 0.6 is 11.8 Å². The number of amides is 1. The molecule has 10 heteroatoms.